The van der Waals surface area contributed by atoms with Crippen molar-refractivity contribution in [2.75, 3.05) is 26.4 Å². The second-order valence-corrected chi connectivity index (χ2v) is 15.7. The van der Waals surface area contributed by atoms with Crippen molar-refractivity contribution in [3.8, 4) is 0 Å². The van der Waals surface area contributed by atoms with E-state index in [2.05, 4.69) is 10.3 Å². The average molecular weight is 749 g/mol. The molecule has 4 aliphatic heterocycles. The highest BCUT2D eigenvalue weighted by atomic mass is 32.2. The van der Waals surface area contributed by atoms with Gasteiger partial charge >= 0.3 is 6.09 Å². The van der Waals surface area contributed by atoms with Gasteiger partial charge in [-0.05, 0) is 40.2 Å². The van der Waals surface area contributed by atoms with E-state index >= 15 is 0 Å². The number of aliphatic hydroxyl groups is 4. The Bertz CT molecular complexity index is 1310. The number of aliphatic imine (C=N–C) groups is 2. The fourth-order valence-electron chi connectivity index (χ4n) is 5.93. The Morgan fingerprint density at radius 3 is 2.30 bits per heavy atom. The van der Waals surface area contributed by atoms with Gasteiger partial charge in [-0.2, -0.15) is 0 Å². The van der Waals surface area contributed by atoms with E-state index in [4.69, 9.17) is 23.9 Å². The molecule has 17 heteroatoms. The number of benzene rings is 1. The van der Waals surface area contributed by atoms with Crippen LogP contribution in [0.1, 0.15) is 47.1 Å². The number of carbonyl (C=O) groups is 1. The number of nitrogens with zero attached hydrogens (tertiary/aromatic N) is 3. The standard InChI is InChI=1S/C23H33FN2O5S.C10H17FN2O4S/c1-14-18(15(2)27)30-20-17(19(14)29-13-16-9-7-6-8-10-16)25-21(32-20)26(12-11-24)22(28)31-23(3,4)5;1-4(14)8-7(16)6(15)5-9(17-8)18-10(13-5)12-3-2-11/h6-10,14-15,17-20,27H,11-13H2,1-5H3;4-9,14-16H,2-3H2,1H3,(H,12,13)/t14-,15?,17-,18+,19+,20-;4-,5+,6+,7-,8+,9+/m10/s1. The van der Waals surface area contributed by atoms with Crippen LogP contribution in [0.15, 0.2) is 40.3 Å². The SMILES string of the molecule is CC(O)[C@H]1O[C@@H]2SC(N(CCF)C(=O)OC(C)(C)C)=N[C@@H]2[C@@H](OCc2ccccc2)[C@@H]1C.C[C@H](O)[C@H]1O[C@@H]2SC(=NCCF)N[C@@H]2[C@@H](O)[C@@H]1O. The largest absolute Gasteiger partial charge is 0.443 e. The van der Waals surface area contributed by atoms with Gasteiger partial charge in [0.05, 0.1) is 50.2 Å². The Hall–Kier alpha value is -2.09. The van der Waals surface area contributed by atoms with Crippen LogP contribution >= 0.6 is 23.5 Å². The monoisotopic (exact) mass is 748 g/mol. The van der Waals surface area contributed by atoms with Crippen LogP contribution in [0.4, 0.5) is 13.6 Å². The first-order valence-electron chi connectivity index (χ1n) is 16.7. The van der Waals surface area contributed by atoms with Crippen LogP contribution in [0.5, 0.6) is 0 Å². The lowest BCUT2D eigenvalue weighted by atomic mass is 9.87. The summed E-state index contributed by atoms with van der Waals surface area (Å²) >= 11 is 2.47. The van der Waals surface area contributed by atoms with Crippen LogP contribution in [0.25, 0.3) is 0 Å². The summed E-state index contributed by atoms with van der Waals surface area (Å²) < 4.78 is 48.7. The average Bonchev–Trinajstić information content (AvgIpc) is 3.67. The molecule has 1 amide bonds. The van der Waals surface area contributed by atoms with Crippen molar-refractivity contribution in [2.45, 2.75) is 119 Å². The predicted molar refractivity (Wildman–Crippen MR) is 187 cm³/mol. The minimum atomic E-state index is -1.17. The molecule has 0 bridgehead atoms. The molecular weight excluding hydrogens is 699 g/mol. The lowest BCUT2D eigenvalue weighted by Crippen LogP contribution is -2.61. The molecule has 3 saturated heterocycles. The summed E-state index contributed by atoms with van der Waals surface area (Å²) in [5.74, 6) is -0.139. The van der Waals surface area contributed by atoms with Crippen molar-refractivity contribution >= 4 is 40.0 Å². The second kappa shape index (κ2) is 18.1. The normalized spacial score (nSPS) is 34.0. The van der Waals surface area contributed by atoms with E-state index in [1.54, 1.807) is 27.7 Å². The van der Waals surface area contributed by atoms with Crippen molar-refractivity contribution < 1.29 is 52.9 Å². The quantitative estimate of drug-likeness (QED) is 0.250. The van der Waals surface area contributed by atoms with Gasteiger partial charge in [0.15, 0.2) is 10.3 Å². The molecule has 1 aromatic rings. The first kappa shape index (κ1) is 40.7. The highest BCUT2D eigenvalue weighted by Crippen LogP contribution is 2.42. The zero-order chi connectivity index (χ0) is 36.7. The van der Waals surface area contributed by atoms with Gasteiger partial charge in [0.2, 0.25) is 0 Å². The smallest absolute Gasteiger partial charge is 0.416 e. The maximum atomic E-state index is 13.3. The number of fused-ring (bicyclic) bond motifs is 2. The number of amidine groups is 2. The van der Waals surface area contributed by atoms with E-state index in [1.165, 1.54) is 35.3 Å². The molecule has 12 atom stereocenters. The van der Waals surface area contributed by atoms with E-state index in [9.17, 15) is 34.0 Å². The summed E-state index contributed by atoms with van der Waals surface area (Å²) in [6.45, 7) is 9.42. The van der Waals surface area contributed by atoms with Crippen molar-refractivity contribution in [2.24, 2.45) is 15.9 Å². The Balaban J connectivity index is 0.000000263. The lowest BCUT2D eigenvalue weighted by molar-refractivity contribution is -0.184. The van der Waals surface area contributed by atoms with Crippen LogP contribution in [0, 0.1) is 5.92 Å². The molecule has 3 fully saturated rings. The number of amides is 1. The fraction of sp³-hybridized carbons (Fsp3) is 0.727. The molecule has 4 heterocycles. The maximum absolute atomic E-state index is 13.3. The fourth-order valence-corrected chi connectivity index (χ4v) is 8.30. The molecule has 0 saturated carbocycles. The van der Waals surface area contributed by atoms with Gasteiger partial charge in [0.1, 0.15) is 54.2 Å². The number of rotatable bonds is 9. The van der Waals surface area contributed by atoms with Crippen LogP contribution in [0.3, 0.4) is 0 Å². The molecule has 5 N–H and O–H groups in total. The van der Waals surface area contributed by atoms with Crippen molar-refractivity contribution in [1.29, 1.82) is 0 Å². The van der Waals surface area contributed by atoms with E-state index in [-0.39, 0.29) is 25.1 Å². The summed E-state index contributed by atoms with van der Waals surface area (Å²) in [5, 5.41) is 43.3. The third-order valence-corrected chi connectivity index (χ3v) is 10.6. The van der Waals surface area contributed by atoms with Crippen LogP contribution in [0.2, 0.25) is 0 Å². The first-order chi connectivity index (χ1) is 23.6. The summed E-state index contributed by atoms with van der Waals surface area (Å²) in [6, 6.07) is 8.91. The first-order valence-corrected chi connectivity index (χ1v) is 18.4. The molecule has 0 spiro atoms. The van der Waals surface area contributed by atoms with Gasteiger partial charge in [-0.3, -0.25) is 14.9 Å². The number of aliphatic hydroxyl groups excluding tert-OH is 4. The Morgan fingerprint density at radius 2 is 1.70 bits per heavy atom. The van der Waals surface area contributed by atoms with E-state index in [0.717, 1.165) is 5.56 Å². The minimum Gasteiger partial charge on any atom is -0.443 e. The molecule has 13 nitrogen and oxygen atoms in total. The Kier molecular flexibility index (Phi) is 14.7. The van der Waals surface area contributed by atoms with Crippen molar-refractivity contribution in [3.05, 3.63) is 35.9 Å². The van der Waals surface area contributed by atoms with E-state index in [1.807, 2.05) is 37.3 Å². The highest BCUT2D eigenvalue weighted by molar-refractivity contribution is 8.14. The minimum absolute atomic E-state index is 0.0489. The van der Waals surface area contributed by atoms with Gasteiger partial charge in [-0.15, -0.1) is 0 Å². The highest BCUT2D eigenvalue weighted by Gasteiger charge is 2.52. The number of carbonyl (C=O) groups excluding carboxylic acids is 1. The number of halogens is 2. The number of nitrogens with one attached hydrogen (secondary N) is 1. The zero-order valence-electron chi connectivity index (χ0n) is 29.1. The molecule has 0 aliphatic carbocycles. The molecule has 1 unspecified atom stereocenters. The Morgan fingerprint density at radius 1 is 1.04 bits per heavy atom. The summed E-state index contributed by atoms with van der Waals surface area (Å²) in [7, 11) is 0. The summed E-state index contributed by atoms with van der Waals surface area (Å²) in [4.78, 5) is 22.6. The van der Waals surface area contributed by atoms with Gasteiger partial charge in [-0.25, -0.2) is 13.6 Å². The van der Waals surface area contributed by atoms with Crippen LogP contribution < -0.4 is 5.32 Å². The van der Waals surface area contributed by atoms with Gasteiger partial charge in [0.25, 0.3) is 0 Å². The zero-order valence-corrected chi connectivity index (χ0v) is 30.7. The molecule has 0 aromatic heterocycles. The van der Waals surface area contributed by atoms with Gasteiger partial charge < -0.3 is 44.7 Å². The number of alkyl halides is 2. The van der Waals surface area contributed by atoms with Crippen molar-refractivity contribution in [1.82, 2.24) is 10.2 Å². The molecular formula is C33H50F2N4O9S2. The number of hydrogen-bond acceptors (Lipinski definition) is 13. The summed E-state index contributed by atoms with van der Waals surface area (Å²) in [5.41, 5.74) is -0.585. The number of hydrogen-bond donors (Lipinski definition) is 5. The number of ether oxygens (including phenoxy) is 4. The molecule has 0 radical (unpaired) electrons. The molecule has 5 rings (SSSR count). The molecule has 4 aliphatic rings. The summed E-state index contributed by atoms with van der Waals surface area (Å²) in [6.07, 6.45) is -6.10. The van der Waals surface area contributed by atoms with E-state index in [0.29, 0.717) is 16.9 Å². The lowest BCUT2D eigenvalue weighted by Gasteiger charge is -2.42. The maximum Gasteiger partial charge on any atom is 0.416 e. The van der Waals surface area contributed by atoms with E-state index < -0.39 is 84.6 Å². The third kappa shape index (κ3) is 10.3. The molecule has 282 valence electrons. The van der Waals surface area contributed by atoms with Crippen molar-refractivity contribution in [3.63, 3.8) is 0 Å². The predicted octanol–water partition coefficient (Wildman–Crippen LogP) is 2.84. The third-order valence-electron chi connectivity index (χ3n) is 8.31. The van der Waals surface area contributed by atoms with Gasteiger partial charge in [-0.1, -0.05) is 60.8 Å². The number of thioether (sulfide) groups is 2. The molecule has 1 aromatic carbocycles. The van der Waals surface area contributed by atoms with Crippen LogP contribution in [-0.2, 0) is 25.6 Å². The second-order valence-electron chi connectivity index (χ2n) is 13.5. The molecule has 50 heavy (non-hydrogen) atoms. The topological polar surface area (TPSA) is 175 Å². The van der Waals surface area contributed by atoms with Crippen LogP contribution in [-0.4, -0.2) is 139 Å². The van der Waals surface area contributed by atoms with Gasteiger partial charge in [0, 0.05) is 5.92 Å². The Labute approximate surface area is 300 Å².